The van der Waals surface area contributed by atoms with Gasteiger partial charge in [-0.3, -0.25) is 5.43 Å². The third-order valence-electron chi connectivity index (χ3n) is 4.53. The minimum atomic E-state index is -5.13. The third-order valence-corrected chi connectivity index (χ3v) is 5.78. The number of anilines is 2. The molecule has 18 heteroatoms. The summed E-state index contributed by atoms with van der Waals surface area (Å²) in [6.45, 7) is -4.14. The van der Waals surface area contributed by atoms with Crippen molar-refractivity contribution >= 4 is 32.4 Å². The molecular weight excluding hydrogens is 535 g/mol. The number of nitrogens with zero attached hydrogens (tertiary/aromatic N) is 4. The highest BCUT2D eigenvalue weighted by molar-refractivity contribution is 7.89. The van der Waals surface area contributed by atoms with Gasteiger partial charge in [0.1, 0.15) is 18.9 Å². The average molecular weight is 550 g/mol. The first-order chi connectivity index (χ1) is 16.4. The Morgan fingerprint density at radius 3 is 2.08 bits per heavy atom. The summed E-state index contributed by atoms with van der Waals surface area (Å²) in [6.07, 6.45) is -12.8. The maximum Gasteiger partial charge on any atom is 0.417 e. The molecule has 0 spiro atoms. The highest BCUT2D eigenvalue weighted by atomic mass is 32.2. The van der Waals surface area contributed by atoms with Crippen LogP contribution in [0.3, 0.4) is 0 Å². The minimum absolute atomic E-state index is 0.160. The van der Waals surface area contributed by atoms with Gasteiger partial charge in [-0.1, -0.05) is 0 Å². The zero-order valence-corrected chi connectivity index (χ0v) is 18.6. The fraction of sp³-hybridized carbons (Fsp3) is 0.333. The summed E-state index contributed by atoms with van der Waals surface area (Å²) in [7, 11) is -3.01. The quantitative estimate of drug-likeness (QED) is 0.338. The van der Waals surface area contributed by atoms with Crippen LogP contribution in [0.1, 0.15) is 5.56 Å². The molecule has 0 saturated carbocycles. The fourth-order valence-electron chi connectivity index (χ4n) is 3.16. The lowest BCUT2D eigenvalue weighted by Crippen LogP contribution is -2.40. The van der Waals surface area contributed by atoms with Gasteiger partial charge in [0.2, 0.25) is 5.16 Å². The summed E-state index contributed by atoms with van der Waals surface area (Å²) in [6, 6.07) is 2.39. The first-order valence-corrected chi connectivity index (χ1v) is 11.0. The van der Waals surface area contributed by atoms with Crippen LogP contribution >= 0.6 is 0 Å². The van der Waals surface area contributed by atoms with Crippen LogP contribution in [0.15, 0.2) is 41.8 Å². The molecule has 36 heavy (non-hydrogen) atoms. The molecule has 0 amide bonds. The average Bonchev–Trinajstić information content (AvgIpc) is 3.15. The maximum absolute atomic E-state index is 13.7. The largest absolute Gasteiger partial charge is 0.417 e. The van der Waals surface area contributed by atoms with Crippen molar-refractivity contribution in [3.8, 4) is 0 Å². The Morgan fingerprint density at radius 2 is 1.58 bits per heavy atom. The van der Waals surface area contributed by atoms with Crippen molar-refractivity contribution in [2.45, 2.75) is 23.7 Å². The molecule has 0 saturated heterocycles. The van der Waals surface area contributed by atoms with E-state index in [1.54, 1.807) is 4.83 Å². The zero-order chi connectivity index (χ0) is 27.1. The smallest absolute Gasteiger partial charge is 0.353 e. The van der Waals surface area contributed by atoms with E-state index in [9.17, 15) is 47.9 Å². The van der Waals surface area contributed by atoms with Gasteiger partial charge in [0.05, 0.1) is 11.1 Å². The van der Waals surface area contributed by atoms with Gasteiger partial charge in [0, 0.05) is 30.5 Å². The molecule has 3 aromatic rings. The van der Waals surface area contributed by atoms with Crippen molar-refractivity contribution in [3.05, 3.63) is 42.2 Å². The van der Waals surface area contributed by atoms with Crippen LogP contribution in [0.2, 0.25) is 0 Å². The van der Waals surface area contributed by atoms with Crippen molar-refractivity contribution in [1.82, 2.24) is 19.4 Å². The molecule has 0 aliphatic rings. The van der Waals surface area contributed by atoms with Gasteiger partial charge in [-0.2, -0.15) is 39.5 Å². The summed E-state index contributed by atoms with van der Waals surface area (Å²) >= 11 is 0. The second-order valence-electron chi connectivity index (χ2n) is 7.39. The summed E-state index contributed by atoms with van der Waals surface area (Å²) in [5, 5.41) is -1.28. The molecule has 2 heterocycles. The lowest BCUT2D eigenvalue weighted by Gasteiger charge is -2.27. The van der Waals surface area contributed by atoms with Crippen LogP contribution in [0.5, 0.6) is 0 Å². The number of pyridine rings is 1. The van der Waals surface area contributed by atoms with E-state index >= 15 is 0 Å². The molecule has 0 fully saturated rings. The maximum atomic E-state index is 13.7. The van der Waals surface area contributed by atoms with Gasteiger partial charge in [-0.15, -0.1) is 4.83 Å². The van der Waals surface area contributed by atoms with Crippen molar-refractivity contribution in [3.63, 3.8) is 0 Å². The predicted molar refractivity (Wildman–Crippen MR) is 108 cm³/mol. The first kappa shape index (κ1) is 27.3. The van der Waals surface area contributed by atoms with Crippen LogP contribution < -0.4 is 15.2 Å². The normalized spacial score (nSPS) is 13.3. The zero-order valence-electron chi connectivity index (χ0n) is 17.8. The molecule has 198 valence electrons. The van der Waals surface area contributed by atoms with Gasteiger partial charge in [0.15, 0.2) is 0 Å². The van der Waals surface area contributed by atoms with Crippen LogP contribution in [0.4, 0.5) is 51.0 Å². The number of imidazole rings is 1. The Kier molecular flexibility index (Phi) is 7.06. The number of rotatable bonds is 7. The lowest BCUT2D eigenvalue weighted by atomic mass is 10.1. The van der Waals surface area contributed by atoms with Crippen LogP contribution in [-0.2, 0) is 23.2 Å². The minimum Gasteiger partial charge on any atom is -0.353 e. The second kappa shape index (κ2) is 9.30. The highest BCUT2D eigenvalue weighted by Crippen LogP contribution is 2.38. The van der Waals surface area contributed by atoms with Gasteiger partial charge in [-0.25, -0.2) is 18.4 Å². The SMILES string of the molecule is Cn1ccnc1S(=O)(=O)NNc1cc(C(F)(F)F)c2cc(N(CC(F)(F)F)CC(F)(F)F)ccc2n1. The van der Waals surface area contributed by atoms with Gasteiger partial charge < -0.3 is 9.47 Å². The summed E-state index contributed by atoms with van der Waals surface area (Å²) in [4.78, 5) is 9.00. The molecule has 0 aliphatic heterocycles. The van der Waals surface area contributed by atoms with E-state index in [1.165, 1.54) is 13.2 Å². The molecule has 3 rings (SSSR count). The predicted octanol–water partition coefficient (Wildman–Crippen LogP) is 4.22. The number of halogens is 9. The molecule has 1 aromatic carbocycles. The van der Waals surface area contributed by atoms with Crippen LogP contribution in [0, 0.1) is 0 Å². The van der Waals surface area contributed by atoms with Crippen molar-refractivity contribution in [1.29, 1.82) is 0 Å². The van der Waals surface area contributed by atoms with Crippen LogP contribution in [0.25, 0.3) is 10.9 Å². The van der Waals surface area contributed by atoms with E-state index in [2.05, 4.69) is 9.97 Å². The van der Waals surface area contributed by atoms with Crippen molar-refractivity contribution < 1.29 is 47.9 Å². The molecule has 0 unspecified atom stereocenters. The topological polar surface area (TPSA) is 92.1 Å². The number of sulfonamides is 1. The van der Waals surface area contributed by atoms with Crippen molar-refractivity contribution in [2.75, 3.05) is 23.4 Å². The second-order valence-corrected chi connectivity index (χ2v) is 8.97. The number of hydrogen-bond donors (Lipinski definition) is 2. The van der Waals surface area contributed by atoms with E-state index in [0.717, 1.165) is 22.9 Å². The summed E-state index contributed by atoms with van der Waals surface area (Å²) in [5.41, 5.74) is -0.743. The molecule has 0 bridgehead atoms. The van der Waals surface area contributed by atoms with E-state index in [0.29, 0.717) is 12.1 Å². The Balaban J connectivity index is 2.03. The molecule has 8 nitrogen and oxygen atoms in total. The Hall–Kier alpha value is -3.28. The molecule has 2 N–H and O–H groups in total. The number of hydrazine groups is 1. The molecule has 0 atom stereocenters. The standard InChI is InChI=1S/C18H15F9N6O2S/c1-32-5-4-28-15(32)36(34,35)31-30-14-7-12(18(25,26)27)11-6-10(2-3-13(11)29-14)33(8-16(19,20)21)9-17(22,23)24/h2-7,31H,8-9H2,1H3,(H,29,30). The summed E-state index contributed by atoms with van der Waals surface area (Å²) < 4.78 is 144. The Morgan fingerprint density at radius 1 is 0.972 bits per heavy atom. The van der Waals surface area contributed by atoms with E-state index in [4.69, 9.17) is 0 Å². The van der Waals surface area contributed by atoms with E-state index in [-0.39, 0.29) is 4.90 Å². The first-order valence-electron chi connectivity index (χ1n) is 9.51. The number of benzene rings is 1. The summed E-state index contributed by atoms with van der Waals surface area (Å²) in [5.74, 6) is -0.650. The molecule has 0 aliphatic carbocycles. The number of hydrogen-bond acceptors (Lipinski definition) is 6. The Bertz CT molecular complexity index is 1330. The van der Waals surface area contributed by atoms with Crippen LogP contribution in [-0.4, -0.2) is 48.4 Å². The number of aromatic nitrogens is 3. The monoisotopic (exact) mass is 550 g/mol. The fourth-order valence-corrected chi connectivity index (χ4v) is 4.13. The van der Waals surface area contributed by atoms with Gasteiger partial charge >= 0.3 is 18.5 Å². The van der Waals surface area contributed by atoms with E-state index < -0.39 is 74.8 Å². The number of fused-ring (bicyclic) bond motifs is 1. The number of aryl methyl sites for hydroxylation is 1. The van der Waals surface area contributed by atoms with Crippen molar-refractivity contribution in [2.24, 2.45) is 7.05 Å². The molecular formula is C18H15F9N6O2S. The molecule has 0 radical (unpaired) electrons. The van der Waals surface area contributed by atoms with E-state index in [1.807, 2.05) is 5.43 Å². The molecule has 2 aromatic heterocycles. The Labute approximate surface area is 196 Å². The third kappa shape index (κ3) is 6.68. The number of alkyl halides is 9. The lowest BCUT2D eigenvalue weighted by molar-refractivity contribution is -0.138. The number of nitrogens with one attached hydrogen (secondary N) is 2. The highest BCUT2D eigenvalue weighted by Gasteiger charge is 2.38. The van der Waals surface area contributed by atoms with Gasteiger partial charge in [-0.05, 0) is 24.3 Å². The van der Waals surface area contributed by atoms with Gasteiger partial charge in [0.25, 0.3) is 10.0 Å².